The second-order valence-electron chi connectivity index (χ2n) is 9.19. The quantitative estimate of drug-likeness (QED) is 0.318. The van der Waals surface area contributed by atoms with Crippen molar-refractivity contribution in [1.29, 1.82) is 0 Å². The zero-order valence-electron chi connectivity index (χ0n) is 19.8. The monoisotopic (exact) mass is 462 g/mol. The molecule has 0 fully saturated rings. The van der Waals surface area contributed by atoms with E-state index in [9.17, 15) is 4.79 Å². The highest BCUT2D eigenvalue weighted by Crippen LogP contribution is 2.31. The van der Waals surface area contributed by atoms with E-state index in [2.05, 4.69) is 56.3 Å². The number of benzene rings is 2. The second kappa shape index (κ2) is 9.35. The van der Waals surface area contributed by atoms with Crippen molar-refractivity contribution in [2.24, 2.45) is 0 Å². The Morgan fingerprint density at radius 1 is 1.12 bits per heavy atom. The molecule has 0 aliphatic rings. The van der Waals surface area contributed by atoms with Gasteiger partial charge in [-0.05, 0) is 60.7 Å². The Hall–Kier alpha value is -3.19. The molecule has 0 saturated heterocycles. The number of aromatic nitrogens is 3. The van der Waals surface area contributed by atoms with Gasteiger partial charge in [0, 0.05) is 11.6 Å². The fraction of sp³-hybridized carbons (Fsp3) is 0.346. The summed E-state index contributed by atoms with van der Waals surface area (Å²) in [4.78, 5) is 17.7. The first-order chi connectivity index (χ1) is 15.7. The number of ether oxygens (including phenoxy) is 1. The normalized spacial score (nSPS) is 11.7. The average molecular weight is 463 g/mol. The number of carbonyl (C=O) groups is 1. The molecule has 33 heavy (non-hydrogen) atoms. The minimum absolute atomic E-state index is 0.0658. The Morgan fingerprint density at radius 3 is 2.58 bits per heavy atom. The molecule has 2 aromatic carbocycles. The van der Waals surface area contributed by atoms with Gasteiger partial charge in [0.15, 0.2) is 0 Å². The van der Waals surface area contributed by atoms with Gasteiger partial charge in [-0.3, -0.25) is 4.79 Å². The lowest BCUT2D eigenvalue weighted by molar-refractivity contribution is 0.102. The van der Waals surface area contributed by atoms with Crippen molar-refractivity contribution in [2.45, 2.75) is 52.9 Å². The van der Waals surface area contributed by atoms with Gasteiger partial charge in [-0.1, -0.05) is 51.5 Å². The summed E-state index contributed by atoms with van der Waals surface area (Å²) in [6.07, 6.45) is 2.09. The highest BCUT2D eigenvalue weighted by molar-refractivity contribution is 7.20. The predicted octanol–water partition coefficient (Wildman–Crippen LogP) is 6.52. The topological polar surface area (TPSA) is 69.0 Å². The second-order valence-corrected chi connectivity index (χ2v) is 10.2. The minimum Gasteiger partial charge on any atom is -0.494 e. The first-order valence-corrected chi connectivity index (χ1v) is 12.1. The number of rotatable bonds is 7. The minimum atomic E-state index is -0.201. The van der Waals surface area contributed by atoms with Crippen LogP contribution in [-0.4, -0.2) is 27.3 Å². The van der Waals surface area contributed by atoms with E-state index in [1.165, 1.54) is 5.56 Å². The number of hydrogen-bond donors (Lipinski definition) is 1. The number of anilines is 1. The van der Waals surface area contributed by atoms with Crippen LogP contribution in [0.25, 0.3) is 15.3 Å². The Bertz CT molecular complexity index is 1270. The van der Waals surface area contributed by atoms with Crippen LogP contribution in [0.4, 0.5) is 5.82 Å². The van der Waals surface area contributed by atoms with Gasteiger partial charge in [0.25, 0.3) is 5.91 Å². The van der Waals surface area contributed by atoms with E-state index in [0.29, 0.717) is 18.0 Å². The van der Waals surface area contributed by atoms with Gasteiger partial charge in [-0.15, -0.1) is 0 Å². The maximum Gasteiger partial charge on any atom is 0.256 e. The molecule has 172 valence electrons. The molecular formula is C26H30N4O2S. The predicted molar refractivity (Wildman–Crippen MR) is 135 cm³/mol. The van der Waals surface area contributed by atoms with Gasteiger partial charge in [0.1, 0.15) is 11.6 Å². The maximum atomic E-state index is 12.9. The summed E-state index contributed by atoms with van der Waals surface area (Å²) in [6.45, 7) is 11.3. The SMILES string of the molecule is CCCCOc1ccc(C(=O)Nc2cc(C)nn2-c2nc3ccc(C(C)(C)C)cc3s2)cc1. The molecule has 0 saturated carbocycles. The number of amides is 1. The van der Waals surface area contributed by atoms with Crippen LogP contribution in [0.15, 0.2) is 48.5 Å². The molecule has 1 N–H and O–H groups in total. The van der Waals surface area contributed by atoms with Crippen molar-refractivity contribution in [3.63, 3.8) is 0 Å². The number of nitrogens with one attached hydrogen (secondary N) is 1. The summed E-state index contributed by atoms with van der Waals surface area (Å²) in [5.41, 5.74) is 3.61. The third-order valence-electron chi connectivity index (χ3n) is 5.38. The molecule has 0 bridgehead atoms. The summed E-state index contributed by atoms with van der Waals surface area (Å²) in [5.74, 6) is 1.16. The largest absolute Gasteiger partial charge is 0.494 e. The molecule has 0 radical (unpaired) electrons. The van der Waals surface area contributed by atoms with Gasteiger partial charge in [-0.25, -0.2) is 4.98 Å². The number of unbranched alkanes of at least 4 members (excludes halogenated alkanes) is 1. The standard InChI is InChI=1S/C26H30N4O2S/c1-6-7-14-32-20-11-8-18(9-12-20)24(31)28-23-15-17(2)29-30(23)25-27-21-13-10-19(26(3,4)5)16-22(21)33-25/h8-13,15-16H,6-7,14H2,1-5H3,(H,28,31). The average Bonchev–Trinajstić information content (AvgIpc) is 3.36. The molecule has 4 rings (SSSR count). The highest BCUT2D eigenvalue weighted by atomic mass is 32.1. The van der Waals surface area contributed by atoms with E-state index in [-0.39, 0.29) is 11.3 Å². The third-order valence-corrected chi connectivity index (χ3v) is 6.37. The van der Waals surface area contributed by atoms with Gasteiger partial charge in [0.05, 0.1) is 22.5 Å². The van der Waals surface area contributed by atoms with Crippen LogP contribution in [0, 0.1) is 6.92 Å². The smallest absolute Gasteiger partial charge is 0.256 e. The Balaban J connectivity index is 1.56. The van der Waals surface area contributed by atoms with E-state index >= 15 is 0 Å². The third kappa shape index (κ3) is 5.25. The van der Waals surface area contributed by atoms with Crippen molar-refractivity contribution in [3.8, 4) is 10.9 Å². The Labute approximate surface area is 198 Å². The zero-order valence-corrected chi connectivity index (χ0v) is 20.6. The zero-order chi connectivity index (χ0) is 23.6. The number of carbonyl (C=O) groups excluding carboxylic acids is 1. The maximum absolute atomic E-state index is 12.9. The number of aryl methyl sites for hydroxylation is 1. The van der Waals surface area contributed by atoms with Crippen LogP contribution < -0.4 is 10.1 Å². The summed E-state index contributed by atoms with van der Waals surface area (Å²) in [5, 5.41) is 8.29. The molecule has 0 spiro atoms. The molecule has 0 aliphatic heterocycles. The number of nitrogens with zero attached hydrogens (tertiary/aromatic N) is 3. The Morgan fingerprint density at radius 2 is 1.88 bits per heavy atom. The van der Waals surface area contributed by atoms with Crippen LogP contribution in [0.1, 0.15) is 62.2 Å². The lowest BCUT2D eigenvalue weighted by Gasteiger charge is -2.18. The first-order valence-electron chi connectivity index (χ1n) is 11.3. The van der Waals surface area contributed by atoms with Gasteiger partial charge in [-0.2, -0.15) is 9.78 Å². The summed E-state index contributed by atoms with van der Waals surface area (Å²) < 4.78 is 8.49. The van der Waals surface area contributed by atoms with Gasteiger partial charge in [0.2, 0.25) is 5.13 Å². The van der Waals surface area contributed by atoms with Crippen LogP contribution in [0.2, 0.25) is 0 Å². The van der Waals surface area contributed by atoms with E-state index in [4.69, 9.17) is 9.72 Å². The van der Waals surface area contributed by atoms with Crippen molar-refractivity contribution >= 4 is 33.3 Å². The molecule has 0 atom stereocenters. The molecule has 2 heterocycles. The van der Waals surface area contributed by atoms with E-state index in [1.54, 1.807) is 28.2 Å². The van der Waals surface area contributed by atoms with Crippen LogP contribution in [-0.2, 0) is 5.41 Å². The van der Waals surface area contributed by atoms with Gasteiger partial charge >= 0.3 is 0 Å². The molecule has 7 heteroatoms. The summed E-state index contributed by atoms with van der Waals surface area (Å²) in [7, 11) is 0. The molecule has 6 nitrogen and oxygen atoms in total. The fourth-order valence-corrected chi connectivity index (χ4v) is 4.40. The summed E-state index contributed by atoms with van der Waals surface area (Å²) in [6, 6.07) is 15.4. The van der Waals surface area contributed by atoms with Crippen molar-refractivity contribution in [3.05, 3.63) is 65.4 Å². The molecular weight excluding hydrogens is 432 g/mol. The van der Waals surface area contributed by atoms with Crippen molar-refractivity contribution in [2.75, 3.05) is 11.9 Å². The van der Waals surface area contributed by atoms with Gasteiger partial charge < -0.3 is 10.1 Å². The van der Waals surface area contributed by atoms with E-state index in [0.717, 1.165) is 39.6 Å². The lowest BCUT2D eigenvalue weighted by atomic mass is 9.87. The molecule has 2 aromatic heterocycles. The number of fused-ring (bicyclic) bond motifs is 1. The van der Waals surface area contributed by atoms with Crippen LogP contribution in [0.5, 0.6) is 5.75 Å². The van der Waals surface area contributed by atoms with Crippen molar-refractivity contribution in [1.82, 2.24) is 14.8 Å². The lowest BCUT2D eigenvalue weighted by Crippen LogP contribution is -2.15. The molecule has 1 amide bonds. The number of thiazole rings is 1. The molecule has 0 aliphatic carbocycles. The first kappa shape index (κ1) is 23.0. The number of hydrogen-bond acceptors (Lipinski definition) is 5. The summed E-state index contributed by atoms with van der Waals surface area (Å²) >= 11 is 1.56. The molecule has 0 unspecified atom stereocenters. The van der Waals surface area contributed by atoms with Crippen molar-refractivity contribution < 1.29 is 9.53 Å². The van der Waals surface area contributed by atoms with E-state index < -0.39 is 0 Å². The van der Waals surface area contributed by atoms with Crippen LogP contribution >= 0.6 is 11.3 Å². The van der Waals surface area contributed by atoms with E-state index in [1.807, 2.05) is 25.1 Å². The Kier molecular flexibility index (Phi) is 6.51. The fourth-order valence-electron chi connectivity index (χ4n) is 3.43. The molecule has 4 aromatic rings. The highest BCUT2D eigenvalue weighted by Gasteiger charge is 2.18. The van der Waals surface area contributed by atoms with Crippen LogP contribution in [0.3, 0.4) is 0 Å².